The van der Waals surface area contributed by atoms with Crippen molar-refractivity contribution in [1.29, 1.82) is 0 Å². The SMILES string of the molecule is CCC(N)Cc1c(N)ccc(F)c1F.Cl. The van der Waals surface area contributed by atoms with Crippen LogP contribution in [0.5, 0.6) is 0 Å². The zero-order chi connectivity index (χ0) is 10.7. The molecule has 1 aromatic rings. The van der Waals surface area contributed by atoms with Gasteiger partial charge in [-0.15, -0.1) is 12.4 Å². The van der Waals surface area contributed by atoms with E-state index in [1.807, 2.05) is 6.92 Å². The van der Waals surface area contributed by atoms with Crippen LogP contribution in [0.15, 0.2) is 12.1 Å². The Morgan fingerprint density at radius 1 is 1.33 bits per heavy atom. The molecular weight excluding hydrogens is 222 g/mol. The predicted molar refractivity (Wildman–Crippen MR) is 60.0 cm³/mol. The highest BCUT2D eigenvalue weighted by atomic mass is 35.5. The van der Waals surface area contributed by atoms with Gasteiger partial charge in [0.2, 0.25) is 0 Å². The lowest BCUT2D eigenvalue weighted by molar-refractivity contribution is 0.492. The minimum atomic E-state index is -0.881. The molecule has 0 aliphatic heterocycles. The van der Waals surface area contributed by atoms with Gasteiger partial charge in [0.25, 0.3) is 0 Å². The van der Waals surface area contributed by atoms with Gasteiger partial charge in [0.15, 0.2) is 11.6 Å². The monoisotopic (exact) mass is 236 g/mol. The van der Waals surface area contributed by atoms with E-state index in [1.54, 1.807) is 0 Å². The molecule has 0 aliphatic carbocycles. The molecule has 0 saturated carbocycles. The van der Waals surface area contributed by atoms with Crippen molar-refractivity contribution in [3.8, 4) is 0 Å². The number of nitrogens with two attached hydrogens (primary N) is 2. The Labute approximate surface area is 94.1 Å². The molecule has 1 aromatic carbocycles. The van der Waals surface area contributed by atoms with Gasteiger partial charge >= 0.3 is 0 Å². The van der Waals surface area contributed by atoms with E-state index in [9.17, 15) is 8.78 Å². The van der Waals surface area contributed by atoms with Gasteiger partial charge in [-0.2, -0.15) is 0 Å². The number of hydrogen-bond acceptors (Lipinski definition) is 2. The molecule has 0 aromatic heterocycles. The summed E-state index contributed by atoms with van der Waals surface area (Å²) >= 11 is 0. The normalized spacial score (nSPS) is 12.0. The van der Waals surface area contributed by atoms with Crippen LogP contribution in [0.4, 0.5) is 14.5 Å². The summed E-state index contributed by atoms with van der Waals surface area (Å²) in [5.74, 6) is -1.76. The lowest BCUT2D eigenvalue weighted by Gasteiger charge is -2.12. The molecule has 1 unspecified atom stereocenters. The summed E-state index contributed by atoms with van der Waals surface area (Å²) in [6.07, 6.45) is 0.974. The molecule has 1 rings (SSSR count). The second kappa shape index (κ2) is 5.88. The molecule has 1 atom stereocenters. The summed E-state index contributed by atoms with van der Waals surface area (Å²) < 4.78 is 26.1. The molecule has 0 saturated heterocycles. The number of nitrogen functional groups attached to an aromatic ring is 1. The van der Waals surface area contributed by atoms with Crippen LogP contribution in [0.3, 0.4) is 0 Å². The standard InChI is InChI=1S/C10H14F2N2.ClH/c1-2-6(13)5-7-9(14)4-3-8(11)10(7)12;/h3-4,6H,2,5,13-14H2,1H3;1H. The smallest absolute Gasteiger partial charge is 0.164 e. The van der Waals surface area contributed by atoms with Crippen molar-refractivity contribution in [2.24, 2.45) is 5.73 Å². The molecule has 0 fully saturated rings. The minimum absolute atomic E-state index is 0. The fourth-order valence-electron chi connectivity index (χ4n) is 1.22. The van der Waals surface area contributed by atoms with E-state index in [4.69, 9.17) is 11.5 Å². The first kappa shape index (κ1) is 14.1. The van der Waals surface area contributed by atoms with E-state index in [0.29, 0.717) is 6.42 Å². The number of rotatable bonds is 3. The van der Waals surface area contributed by atoms with Crippen LogP contribution >= 0.6 is 12.4 Å². The van der Waals surface area contributed by atoms with Gasteiger partial charge in [0, 0.05) is 17.3 Å². The van der Waals surface area contributed by atoms with Crippen LogP contribution in [0, 0.1) is 11.6 Å². The first-order valence-electron chi connectivity index (χ1n) is 4.54. The van der Waals surface area contributed by atoms with Crippen molar-refractivity contribution in [2.45, 2.75) is 25.8 Å². The average Bonchev–Trinajstić information content (AvgIpc) is 2.18. The quantitative estimate of drug-likeness (QED) is 0.791. The molecule has 0 aliphatic rings. The molecule has 15 heavy (non-hydrogen) atoms. The lowest BCUT2D eigenvalue weighted by Crippen LogP contribution is -2.23. The van der Waals surface area contributed by atoms with Crippen molar-refractivity contribution in [3.05, 3.63) is 29.3 Å². The van der Waals surface area contributed by atoms with Crippen molar-refractivity contribution in [1.82, 2.24) is 0 Å². The third-order valence-electron chi connectivity index (χ3n) is 2.22. The highest BCUT2D eigenvalue weighted by molar-refractivity contribution is 5.85. The molecule has 4 N–H and O–H groups in total. The predicted octanol–water partition coefficient (Wildman–Crippen LogP) is 2.25. The largest absolute Gasteiger partial charge is 0.398 e. The summed E-state index contributed by atoms with van der Waals surface area (Å²) in [6.45, 7) is 1.89. The zero-order valence-corrected chi connectivity index (χ0v) is 9.28. The van der Waals surface area contributed by atoms with E-state index in [-0.39, 0.29) is 36.1 Å². The van der Waals surface area contributed by atoms with Crippen LogP contribution in [-0.2, 0) is 6.42 Å². The second-order valence-corrected chi connectivity index (χ2v) is 3.30. The molecule has 0 heterocycles. The maximum absolute atomic E-state index is 13.2. The molecule has 0 radical (unpaired) electrons. The van der Waals surface area contributed by atoms with Gasteiger partial charge in [-0.05, 0) is 25.0 Å². The van der Waals surface area contributed by atoms with Crippen molar-refractivity contribution in [3.63, 3.8) is 0 Å². The fraction of sp³-hybridized carbons (Fsp3) is 0.400. The lowest BCUT2D eigenvalue weighted by atomic mass is 10.0. The van der Waals surface area contributed by atoms with Gasteiger partial charge < -0.3 is 11.5 Å². The van der Waals surface area contributed by atoms with Gasteiger partial charge in [-0.3, -0.25) is 0 Å². The molecule has 0 amide bonds. The summed E-state index contributed by atoms with van der Waals surface area (Å²) in [4.78, 5) is 0. The highest BCUT2D eigenvalue weighted by Crippen LogP contribution is 2.20. The van der Waals surface area contributed by atoms with E-state index >= 15 is 0 Å². The first-order chi connectivity index (χ1) is 6.56. The minimum Gasteiger partial charge on any atom is -0.398 e. The Hall–Kier alpha value is -0.870. The van der Waals surface area contributed by atoms with Gasteiger partial charge in [0.05, 0.1) is 0 Å². The number of benzene rings is 1. The molecular formula is C10H15ClF2N2. The zero-order valence-electron chi connectivity index (χ0n) is 8.47. The van der Waals surface area contributed by atoms with E-state index < -0.39 is 11.6 Å². The Morgan fingerprint density at radius 2 is 1.93 bits per heavy atom. The summed E-state index contributed by atoms with van der Waals surface area (Å²) in [6, 6.07) is 2.19. The highest BCUT2D eigenvalue weighted by Gasteiger charge is 2.13. The second-order valence-electron chi connectivity index (χ2n) is 3.30. The number of anilines is 1. The van der Waals surface area contributed by atoms with Gasteiger partial charge in [-0.25, -0.2) is 8.78 Å². The third-order valence-corrected chi connectivity index (χ3v) is 2.22. The van der Waals surface area contributed by atoms with Crippen molar-refractivity contribution in [2.75, 3.05) is 5.73 Å². The molecule has 0 spiro atoms. The van der Waals surface area contributed by atoms with Crippen LogP contribution in [0.2, 0.25) is 0 Å². The first-order valence-corrected chi connectivity index (χ1v) is 4.54. The number of halogens is 3. The van der Waals surface area contributed by atoms with Crippen LogP contribution < -0.4 is 11.5 Å². The Morgan fingerprint density at radius 3 is 2.47 bits per heavy atom. The number of hydrogen-bond donors (Lipinski definition) is 2. The topological polar surface area (TPSA) is 52.0 Å². The van der Waals surface area contributed by atoms with Crippen LogP contribution in [0.1, 0.15) is 18.9 Å². The maximum atomic E-state index is 13.2. The van der Waals surface area contributed by atoms with E-state index in [2.05, 4.69) is 0 Å². The van der Waals surface area contributed by atoms with Gasteiger partial charge in [0.1, 0.15) is 0 Å². The van der Waals surface area contributed by atoms with Crippen LogP contribution in [-0.4, -0.2) is 6.04 Å². The summed E-state index contributed by atoms with van der Waals surface area (Å²) in [5, 5.41) is 0. The molecule has 5 heteroatoms. The molecule has 86 valence electrons. The van der Waals surface area contributed by atoms with Crippen molar-refractivity contribution >= 4 is 18.1 Å². The average molecular weight is 237 g/mol. The molecule has 0 bridgehead atoms. The van der Waals surface area contributed by atoms with E-state index in [0.717, 1.165) is 6.07 Å². The fourth-order valence-corrected chi connectivity index (χ4v) is 1.22. The summed E-state index contributed by atoms with van der Waals surface area (Å²) in [7, 11) is 0. The van der Waals surface area contributed by atoms with Gasteiger partial charge in [-0.1, -0.05) is 6.92 Å². The Balaban J connectivity index is 0.00000196. The summed E-state index contributed by atoms with van der Waals surface area (Å²) in [5.41, 5.74) is 11.6. The third kappa shape index (κ3) is 3.32. The van der Waals surface area contributed by atoms with Crippen LogP contribution in [0.25, 0.3) is 0 Å². The maximum Gasteiger partial charge on any atom is 0.164 e. The van der Waals surface area contributed by atoms with Crippen molar-refractivity contribution < 1.29 is 8.78 Å². The Kier molecular flexibility index (Phi) is 5.54. The van der Waals surface area contributed by atoms with E-state index in [1.165, 1.54) is 6.07 Å². The Bertz CT molecular complexity index is 331. The molecule has 2 nitrogen and oxygen atoms in total.